The second-order valence-electron chi connectivity index (χ2n) is 10.2. The maximum Gasteiger partial charge on any atom is 0.185 e. The molecule has 0 N–H and O–H groups in total. The molecule has 0 radical (unpaired) electrons. The van der Waals surface area contributed by atoms with E-state index in [0.29, 0.717) is 33.0 Å². The molecule has 3 atom stereocenters. The van der Waals surface area contributed by atoms with Crippen molar-refractivity contribution < 1.29 is 18.8 Å². The second kappa shape index (κ2) is 8.58. The van der Waals surface area contributed by atoms with Gasteiger partial charge in [0, 0.05) is 33.3 Å². The van der Waals surface area contributed by atoms with E-state index in [-0.39, 0.29) is 17.3 Å². The van der Waals surface area contributed by atoms with Crippen LogP contribution in [0.3, 0.4) is 0 Å². The second-order valence-corrected chi connectivity index (χ2v) is 10.6. The number of rotatable bonds is 3. The molecule has 2 heterocycles. The summed E-state index contributed by atoms with van der Waals surface area (Å²) < 4.78 is 14.1. The lowest BCUT2D eigenvalue weighted by Crippen LogP contribution is -2.48. The van der Waals surface area contributed by atoms with E-state index < -0.39 is 29.2 Å². The zero-order valence-electron chi connectivity index (χ0n) is 20.6. The zero-order valence-corrected chi connectivity index (χ0v) is 21.3. The molecule has 2 aliphatic heterocycles. The van der Waals surface area contributed by atoms with Crippen LogP contribution in [0.1, 0.15) is 48.1 Å². The molecular formula is C33H21ClFNO3. The van der Waals surface area contributed by atoms with Crippen LogP contribution in [0.15, 0.2) is 103 Å². The van der Waals surface area contributed by atoms with Crippen LogP contribution in [-0.2, 0) is 0 Å². The van der Waals surface area contributed by atoms with Gasteiger partial charge in [0.2, 0.25) is 0 Å². The van der Waals surface area contributed by atoms with Crippen molar-refractivity contribution in [2.75, 3.05) is 4.90 Å². The van der Waals surface area contributed by atoms with Gasteiger partial charge in [0.1, 0.15) is 17.3 Å². The summed E-state index contributed by atoms with van der Waals surface area (Å²) in [6.07, 6.45) is 3.71. The Morgan fingerprint density at radius 2 is 1.46 bits per heavy atom. The number of carbonyl (C=O) groups is 3. The molecule has 4 aromatic rings. The van der Waals surface area contributed by atoms with E-state index in [4.69, 9.17) is 11.6 Å². The fourth-order valence-corrected chi connectivity index (χ4v) is 6.94. The molecule has 4 aromatic carbocycles. The lowest BCUT2D eigenvalue weighted by Gasteiger charge is -2.37. The number of nitrogens with zero attached hydrogens (tertiary/aromatic N) is 1. The molecule has 0 bridgehead atoms. The van der Waals surface area contributed by atoms with Crippen molar-refractivity contribution in [1.29, 1.82) is 0 Å². The summed E-state index contributed by atoms with van der Waals surface area (Å²) in [5, 5.41) is 0.534. The van der Waals surface area contributed by atoms with Crippen LogP contribution in [0.5, 0.6) is 0 Å². The third-order valence-electron chi connectivity index (χ3n) is 8.32. The van der Waals surface area contributed by atoms with E-state index in [1.54, 1.807) is 72.8 Å². The highest BCUT2D eigenvalue weighted by molar-refractivity contribution is 6.32. The Morgan fingerprint density at radius 1 is 0.821 bits per heavy atom. The number of anilines is 1. The lowest BCUT2D eigenvalue weighted by atomic mass is 9.64. The van der Waals surface area contributed by atoms with E-state index >= 15 is 0 Å². The first-order valence-electron chi connectivity index (χ1n) is 12.7. The number of hydrogen-bond acceptors (Lipinski definition) is 4. The van der Waals surface area contributed by atoms with Crippen molar-refractivity contribution in [2.24, 2.45) is 5.41 Å². The Balaban J connectivity index is 1.55. The third-order valence-corrected chi connectivity index (χ3v) is 8.56. The molecule has 39 heavy (non-hydrogen) atoms. The Hall–Kier alpha value is -4.35. The van der Waals surface area contributed by atoms with Crippen molar-refractivity contribution in [1.82, 2.24) is 0 Å². The molecule has 7 rings (SSSR count). The number of halogens is 2. The van der Waals surface area contributed by atoms with E-state index in [0.717, 1.165) is 5.56 Å². The largest absolute Gasteiger partial charge is 0.352 e. The maximum atomic E-state index is 14.5. The molecular weight excluding hydrogens is 513 g/mol. The summed E-state index contributed by atoms with van der Waals surface area (Å²) in [7, 11) is 0. The van der Waals surface area contributed by atoms with Gasteiger partial charge in [-0.3, -0.25) is 14.4 Å². The molecule has 0 aromatic heterocycles. The molecule has 1 aliphatic carbocycles. The Labute approximate surface area is 229 Å². The van der Waals surface area contributed by atoms with E-state index in [1.807, 2.05) is 29.2 Å². The predicted molar refractivity (Wildman–Crippen MR) is 148 cm³/mol. The smallest absolute Gasteiger partial charge is 0.185 e. The van der Waals surface area contributed by atoms with Crippen LogP contribution in [0.4, 0.5) is 10.1 Å². The van der Waals surface area contributed by atoms with Crippen LogP contribution in [-0.4, -0.2) is 29.4 Å². The van der Waals surface area contributed by atoms with E-state index in [2.05, 4.69) is 0 Å². The van der Waals surface area contributed by atoms with Gasteiger partial charge in [0.05, 0.1) is 6.04 Å². The van der Waals surface area contributed by atoms with Crippen LogP contribution in [0.25, 0.3) is 6.08 Å². The van der Waals surface area contributed by atoms with E-state index in [9.17, 15) is 18.8 Å². The molecule has 0 saturated carbocycles. The average Bonchev–Trinajstić information content (AvgIpc) is 3.39. The van der Waals surface area contributed by atoms with Crippen molar-refractivity contribution in [2.45, 2.75) is 18.0 Å². The summed E-state index contributed by atoms with van der Waals surface area (Å²) in [5.74, 6) is -2.19. The van der Waals surface area contributed by atoms with Crippen molar-refractivity contribution in [3.8, 4) is 0 Å². The number of fused-ring (bicyclic) bond motifs is 5. The summed E-state index contributed by atoms with van der Waals surface area (Å²) in [6.45, 7) is 0. The fraction of sp³-hybridized carbons (Fsp3) is 0.121. The number of Topliss-reactive ketones (excluding diaryl/α,β-unsaturated/α-hetero) is 3. The van der Waals surface area contributed by atoms with Gasteiger partial charge in [0.15, 0.2) is 17.3 Å². The van der Waals surface area contributed by atoms with Crippen molar-refractivity contribution >= 4 is 40.7 Å². The van der Waals surface area contributed by atoms with Gasteiger partial charge in [-0.25, -0.2) is 4.39 Å². The van der Waals surface area contributed by atoms with Crippen LogP contribution in [0.2, 0.25) is 5.02 Å². The van der Waals surface area contributed by atoms with Crippen LogP contribution in [0, 0.1) is 11.2 Å². The Morgan fingerprint density at radius 3 is 2.13 bits per heavy atom. The first-order valence-corrected chi connectivity index (χ1v) is 13.1. The zero-order chi connectivity index (χ0) is 26.9. The minimum absolute atomic E-state index is 0.223. The number of benzene rings is 4. The summed E-state index contributed by atoms with van der Waals surface area (Å²) in [5.41, 5.74) is 1.58. The first-order chi connectivity index (χ1) is 18.9. The Bertz CT molecular complexity index is 1680. The van der Waals surface area contributed by atoms with E-state index in [1.165, 1.54) is 12.1 Å². The van der Waals surface area contributed by atoms with Crippen LogP contribution >= 0.6 is 11.6 Å². The molecule has 0 unspecified atom stereocenters. The summed E-state index contributed by atoms with van der Waals surface area (Å²) in [4.78, 5) is 45.4. The average molecular weight is 534 g/mol. The number of carbonyl (C=O) groups excluding carboxylic acids is 3. The lowest BCUT2D eigenvalue weighted by molar-refractivity contribution is 0.0666. The van der Waals surface area contributed by atoms with Gasteiger partial charge >= 0.3 is 0 Å². The standard InChI is InChI=1S/C33H21ClFNO3/c34-22-13-16-26-21(18-22)12-17-27-33(31(38)24-8-4-5-9-25(24)32(33)39)28(19-10-14-23(35)15-11-19)29(36(26)27)30(37)20-6-2-1-3-7-20/h1-18,27-29H/t27-,28-,29+/m1/s1. The van der Waals surface area contributed by atoms with Gasteiger partial charge in [-0.05, 0) is 41.5 Å². The molecule has 1 saturated heterocycles. The minimum Gasteiger partial charge on any atom is -0.352 e. The normalized spacial score (nSPS) is 22.1. The SMILES string of the molecule is O=C(c1ccccc1)[C@@H]1[C@@H](c2ccc(F)cc2)C2(C(=O)c3ccccc3C2=O)[C@H]2C=Cc3cc(Cl)ccc3N12. The highest BCUT2D eigenvalue weighted by Crippen LogP contribution is 2.61. The minimum atomic E-state index is -1.62. The van der Waals surface area contributed by atoms with Gasteiger partial charge in [-0.2, -0.15) is 0 Å². The van der Waals surface area contributed by atoms with Crippen molar-refractivity contribution in [3.05, 3.63) is 142 Å². The first kappa shape index (κ1) is 23.7. The molecule has 1 spiro atoms. The molecule has 0 amide bonds. The quantitative estimate of drug-likeness (QED) is 0.215. The monoisotopic (exact) mass is 533 g/mol. The maximum absolute atomic E-state index is 14.5. The van der Waals surface area contributed by atoms with Gasteiger partial charge < -0.3 is 4.90 Å². The summed E-state index contributed by atoms with van der Waals surface area (Å²) in [6, 6.07) is 25.2. The van der Waals surface area contributed by atoms with Gasteiger partial charge in [-0.1, -0.05) is 90.5 Å². The van der Waals surface area contributed by atoms with Crippen LogP contribution < -0.4 is 4.90 Å². The molecule has 190 valence electrons. The highest BCUT2D eigenvalue weighted by atomic mass is 35.5. The van der Waals surface area contributed by atoms with Crippen molar-refractivity contribution in [3.63, 3.8) is 0 Å². The van der Waals surface area contributed by atoms with Gasteiger partial charge in [0.25, 0.3) is 0 Å². The predicted octanol–water partition coefficient (Wildman–Crippen LogP) is 6.80. The number of hydrogen-bond donors (Lipinski definition) is 0. The van der Waals surface area contributed by atoms with Gasteiger partial charge in [-0.15, -0.1) is 0 Å². The summed E-state index contributed by atoms with van der Waals surface area (Å²) >= 11 is 6.32. The molecule has 3 aliphatic rings. The third kappa shape index (κ3) is 3.20. The molecule has 4 nitrogen and oxygen atoms in total. The molecule has 1 fully saturated rings. The fourth-order valence-electron chi connectivity index (χ4n) is 6.76. The number of ketones is 3. The molecule has 6 heteroatoms. The topological polar surface area (TPSA) is 54.5 Å². The highest BCUT2D eigenvalue weighted by Gasteiger charge is 2.71. The Kier molecular flexibility index (Phi) is 5.23.